The first-order valence-corrected chi connectivity index (χ1v) is 5.84. The maximum Gasteiger partial charge on any atom is 0.131 e. The van der Waals surface area contributed by atoms with E-state index in [-0.39, 0.29) is 11.9 Å². The molecule has 1 aromatic carbocycles. The molecular formula is C14H20FNO. The number of rotatable bonds is 7. The number of methoxy groups -OCH3 is 1. The van der Waals surface area contributed by atoms with E-state index in [0.29, 0.717) is 11.3 Å². The van der Waals surface area contributed by atoms with Crippen LogP contribution in [0.2, 0.25) is 0 Å². The van der Waals surface area contributed by atoms with Crippen LogP contribution >= 0.6 is 0 Å². The Morgan fingerprint density at radius 1 is 1.53 bits per heavy atom. The summed E-state index contributed by atoms with van der Waals surface area (Å²) in [6, 6.07) is 5.04. The van der Waals surface area contributed by atoms with Gasteiger partial charge in [0.25, 0.3) is 0 Å². The molecule has 0 aliphatic carbocycles. The molecule has 3 heteroatoms. The summed E-state index contributed by atoms with van der Waals surface area (Å²) >= 11 is 0. The van der Waals surface area contributed by atoms with Crippen molar-refractivity contribution in [2.75, 3.05) is 14.2 Å². The van der Waals surface area contributed by atoms with E-state index in [1.165, 1.54) is 13.2 Å². The van der Waals surface area contributed by atoms with E-state index >= 15 is 0 Å². The molecule has 1 atom stereocenters. The van der Waals surface area contributed by atoms with E-state index in [4.69, 9.17) is 4.74 Å². The number of benzene rings is 1. The molecule has 0 saturated carbocycles. The monoisotopic (exact) mass is 237 g/mol. The summed E-state index contributed by atoms with van der Waals surface area (Å²) in [5, 5.41) is 3.14. The minimum absolute atomic E-state index is 0.0425. The molecule has 1 aromatic rings. The van der Waals surface area contributed by atoms with E-state index in [1.807, 2.05) is 13.1 Å². The van der Waals surface area contributed by atoms with Gasteiger partial charge >= 0.3 is 0 Å². The normalized spacial score (nSPS) is 12.2. The molecule has 0 aliphatic heterocycles. The van der Waals surface area contributed by atoms with Gasteiger partial charge in [0.15, 0.2) is 0 Å². The van der Waals surface area contributed by atoms with Crippen LogP contribution in [0, 0.1) is 5.82 Å². The van der Waals surface area contributed by atoms with Crippen LogP contribution in [-0.4, -0.2) is 14.2 Å². The number of unbranched alkanes of at least 4 members (excludes halogenated alkanes) is 1. The van der Waals surface area contributed by atoms with Gasteiger partial charge in [-0.1, -0.05) is 12.1 Å². The van der Waals surface area contributed by atoms with Gasteiger partial charge in [0.05, 0.1) is 7.11 Å². The molecule has 94 valence electrons. The largest absolute Gasteiger partial charge is 0.497 e. The SMILES string of the molecule is C=CCCCC(NC)c1ccc(OC)cc1F. The summed E-state index contributed by atoms with van der Waals surface area (Å²) in [5.41, 5.74) is 0.692. The summed E-state index contributed by atoms with van der Waals surface area (Å²) in [6.45, 7) is 3.69. The van der Waals surface area contributed by atoms with Crippen molar-refractivity contribution in [1.82, 2.24) is 5.32 Å². The van der Waals surface area contributed by atoms with Crippen LogP contribution in [0.15, 0.2) is 30.9 Å². The van der Waals surface area contributed by atoms with Gasteiger partial charge in [0, 0.05) is 17.7 Å². The molecule has 0 heterocycles. The first kappa shape index (κ1) is 13.7. The van der Waals surface area contributed by atoms with Crippen LogP contribution in [0.3, 0.4) is 0 Å². The summed E-state index contributed by atoms with van der Waals surface area (Å²) < 4.78 is 18.8. The summed E-state index contributed by atoms with van der Waals surface area (Å²) in [6.07, 6.45) is 4.74. The second-order valence-electron chi connectivity index (χ2n) is 3.95. The average Bonchev–Trinajstić information content (AvgIpc) is 2.35. The van der Waals surface area contributed by atoms with Crippen molar-refractivity contribution < 1.29 is 9.13 Å². The molecular weight excluding hydrogens is 217 g/mol. The van der Waals surface area contributed by atoms with Crippen molar-refractivity contribution in [3.8, 4) is 5.75 Å². The minimum Gasteiger partial charge on any atom is -0.497 e. The third kappa shape index (κ3) is 3.86. The quantitative estimate of drug-likeness (QED) is 0.579. The Bertz CT molecular complexity index is 365. The van der Waals surface area contributed by atoms with E-state index in [0.717, 1.165) is 19.3 Å². The van der Waals surface area contributed by atoms with Gasteiger partial charge in [0.2, 0.25) is 0 Å². The fraction of sp³-hybridized carbons (Fsp3) is 0.429. The fourth-order valence-corrected chi connectivity index (χ4v) is 1.84. The lowest BCUT2D eigenvalue weighted by Crippen LogP contribution is -2.17. The lowest BCUT2D eigenvalue weighted by atomic mass is 10.0. The zero-order valence-electron chi connectivity index (χ0n) is 10.5. The Kier molecular flexibility index (Phi) is 5.70. The summed E-state index contributed by atoms with van der Waals surface area (Å²) in [7, 11) is 3.39. The minimum atomic E-state index is -0.220. The van der Waals surface area contributed by atoms with Crippen molar-refractivity contribution >= 4 is 0 Å². The predicted molar refractivity (Wildman–Crippen MR) is 68.8 cm³/mol. The smallest absolute Gasteiger partial charge is 0.131 e. The number of hydrogen-bond donors (Lipinski definition) is 1. The second-order valence-corrected chi connectivity index (χ2v) is 3.95. The number of hydrogen-bond acceptors (Lipinski definition) is 2. The van der Waals surface area contributed by atoms with E-state index < -0.39 is 0 Å². The third-order valence-corrected chi connectivity index (χ3v) is 2.83. The first-order chi connectivity index (χ1) is 8.22. The Hall–Kier alpha value is -1.35. The van der Waals surface area contributed by atoms with E-state index in [1.54, 1.807) is 12.1 Å². The van der Waals surface area contributed by atoms with Gasteiger partial charge in [-0.15, -0.1) is 6.58 Å². The van der Waals surface area contributed by atoms with Gasteiger partial charge < -0.3 is 10.1 Å². The molecule has 0 aromatic heterocycles. The molecule has 2 nitrogen and oxygen atoms in total. The van der Waals surface area contributed by atoms with Crippen LogP contribution in [0.4, 0.5) is 4.39 Å². The molecule has 0 bridgehead atoms. The topological polar surface area (TPSA) is 21.3 Å². The zero-order chi connectivity index (χ0) is 12.7. The molecule has 0 saturated heterocycles. The van der Waals surface area contributed by atoms with Gasteiger partial charge in [0.1, 0.15) is 11.6 Å². The molecule has 0 radical (unpaired) electrons. The molecule has 0 spiro atoms. The van der Waals surface area contributed by atoms with Crippen molar-refractivity contribution in [1.29, 1.82) is 0 Å². The van der Waals surface area contributed by atoms with Crippen LogP contribution in [0.5, 0.6) is 5.75 Å². The Morgan fingerprint density at radius 3 is 2.82 bits per heavy atom. The lowest BCUT2D eigenvalue weighted by Gasteiger charge is -2.17. The molecule has 0 fully saturated rings. The van der Waals surface area contributed by atoms with Crippen LogP contribution < -0.4 is 10.1 Å². The fourth-order valence-electron chi connectivity index (χ4n) is 1.84. The molecule has 1 N–H and O–H groups in total. The Balaban J connectivity index is 2.77. The highest BCUT2D eigenvalue weighted by atomic mass is 19.1. The molecule has 1 unspecified atom stereocenters. The summed E-state index contributed by atoms with van der Waals surface area (Å²) in [5.74, 6) is 0.328. The van der Waals surface area contributed by atoms with Crippen molar-refractivity contribution in [3.05, 3.63) is 42.2 Å². The van der Waals surface area contributed by atoms with Crippen LogP contribution in [0.25, 0.3) is 0 Å². The number of allylic oxidation sites excluding steroid dienone is 1. The first-order valence-electron chi connectivity index (χ1n) is 5.84. The second kappa shape index (κ2) is 7.07. The van der Waals surface area contributed by atoms with E-state index in [2.05, 4.69) is 11.9 Å². The van der Waals surface area contributed by atoms with Gasteiger partial charge in [-0.2, -0.15) is 0 Å². The van der Waals surface area contributed by atoms with Crippen LogP contribution in [0.1, 0.15) is 30.9 Å². The molecule has 0 aliphatic rings. The van der Waals surface area contributed by atoms with Crippen molar-refractivity contribution in [2.45, 2.75) is 25.3 Å². The van der Waals surface area contributed by atoms with E-state index in [9.17, 15) is 4.39 Å². The highest BCUT2D eigenvalue weighted by Crippen LogP contribution is 2.25. The van der Waals surface area contributed by atoms with Gasteiger partial charge in [-0.3, -0.25) is 0 Å². The number of nitrogens with one attached hydrogen (secondary N) is 1. The van der Waals surface area contributed by atoms with Crippen molar-refractivity contribution in [2.24, 2.45) is 0 Å². The standard InChI is InChI=1S/C14H20FNO/c1-4-5-6-7-14(16-2)12-9-8-11(17-3)10-13(12)15/h4,8-10,14,16H,1,5-7H2,2-3H3. The maximum absolute atomic E-state index is 13.8. The third-order valence-electron chi connectivity index (χ3n) is 2.83. The molecule has 1 rings (SSSR count). The molecule has 17 heavy (non-hydrogen) atoms. The van der Waals surface area contributed by atoms with Crippen molar-refractivity contribution in [3.63, 3.8) is 0 Å². The Morgan fingerprint density at radius 2 is 2.29 bits per heavy atom. The Labute approximate surface area is 102 Å². The average molecular weight is 237 g/mol. The molecule has 0 amide bonds. The predicted octanol–water partition coefficient (Wildman–Crippen LogP) is 3.45. The zero-order valence-corrected chi connectivity index (χ0v) is 10.5. The number of halogens is 1. The van der Waals surface area contributed by atoms with Gasteiger partial charge in [-0.05, 0) is 32.4 Å². The number of ether oxygens (including phenoxy) is 1. The summed E-state index contributed by atoms with van der Waals surface area (Å²) in [4.78, 5) is 0. The van der Waals surface area contributed by atoms with Gasteiger partial charge in [-0.25, -0.2) is 4.39 Å². The highest BCUT2D eigenvalue weighted by molar-refractivity contribution is 5.30. The lowest BCUT2D eigenvalue weighted by molar-refractivity contribution is 0.408. The maximum atomic E-state index is 13.8. The highest BCUT2D eigenvalue weighted by Gasteiger charge is 2.13. The van der Waals surface area contributed by atoms with Crippen LogP contribution in [-0.2, 0) is 0 Å².